The molecule has 0 N–H and O–H groups in total. The first-order chi connectivity index (χ1) is 14.3. The molecule has 0 heterocycles. The van der Waals surface area contributed by atoms with E-state index in [9.17, 15) is 0 Å². The molecule has 0 saturated carbocycles. The Morgan fingerprint density at radius 1 is 0.567 bits per heavy atom. The molecule has 0 fully saturated rings. The Kier molecular flexibility index (Phi) is 18.8. The van der Waals surface area contributed by atoms with Gasteiger partial charge in [-0.1, -0.05) is 119 Å². The zero-order chi connectivity index (χ0) is 22.8. The van der Waals surface area contributed by atoms with Crippen molar-refractivity contribution in [3.8, 4) is 0 Å². The van der Waals surface area contributed by atoms with Crippen LogP contribution in [0.1, 0.15) is 138 Å². The van der Waals surface area contributed by atoms with Crippen LogP contribution in [0, 0.1) is 17.8 Å². The Hall–Kier alpha value is 0.137. The molecule has 0 aromatic rings. The highest BCUT2D eigenvalue weighted by molar-refractivity contribution is 5.98. The van der Waals surface area contributed by atoms with Crippen molar-refractivity contribution in [2.45, 2.75) is 150 Å². The molecule has 0 bridgehead atoms. The second-order valence-electron chi connectivity index (χ2n) is 11.0. The summed E-state index contributed by atoms with van der Waals surface area (Å²) >= 11 is 0. The van der Waals surface area contributed by atoms with Crippen LogP contribution in [0.5, 0.6) is 0 Å². The topological polar surface area (TPSA) is 18.5 Å². The molecule has 1 atom stereocenters. The fraction of sp³-hybridized carbons (Fsp3) is 1.00. The molecular formula is C27H58O2Si. The van der Waals surface area contributed by atoms with Gasteiger partial charge in [0.25, 0.3) is 0 Å². The summed E-state index contributed by atoms with van der Waals surface area (Å²) in [5.74, 6) is 2.47. The molecule has 0 saturated heterocycles. The minimum Gasteiger partial charge on any atom is -0.420 e. The number of hydrogen-bond acceptors (Lipinski definition) is 2. The quantitative estimate of drug-likeness (QED) is 0.133. The third-order valence-corrected chi connectivity index (χ3v) is 7.60. The van der Waals surface area contributed by atoms with Crippen molar-refractivity contribution in [3.63, 3.8) is 0 Å². The van der Waals surface area contributed by atoms with Gasteiger partial charge in [-0.05, 0) is 37.0 Å². The summed E-state index contributed by atoms with van der Waals surface area (Å²) < 4.78 is 12.6. The largest absolute Gasteiger partial charge is 0.420 e. The van der Waals surface area contributed by atoms with Crippen LogP contribution in [-0.4, -0.2) is 29.3 Å². The first-order valence-electron chi connectivity index (χ1n) is 13.3. The maximum absolute atomic E-state index is 6.46. The normalized spacial score (nSPS) is 13.8. The van der Waals surface area contributed by atoms with Gasteiger partial charge < -0.3 is 9.16 Å². The summed E-state index contributed by atoms with van der Waals surface area (Å²) in [4.78, 5) is 0. The number of rotatable bonds is 21. The van der Waals surface area contributed by atoms with Crippen LogP contribution in [0.4, 0.5) is 0 Å². The van der Waals surface area contributed by atoms with Crippen LogP contribution < -0.4 is 0 Å². The Morgan fingerprint density at radius 2 is 0.933 bits per heavy atom. The Labute approximate surface area is 194 Å². The van der Waals surface area contributed by atoms with Gasteiger partial charge in [0, 0.05) is 7.11 Å². The molecule has 0 aliphatic carbocycles. The number of hydrogen-bond donors (Lipinski definition) is 0. The molecule has 182 valence electrons. The second-order valence-corrected chi connectivity index (χ2v) is 11.4. The van der Waals surface area contributed by atoms with E-state index >= 15 is 0 Å². The van der Waals surface area contributed by atoms with Crippen LogP contribution >= 0.6 is 0 Å². The molecule has 30 heavy (non-hydrogen) atoms. The Balaban J connectivity index is 4.77. The van der Waals surface area contributed by atoms with E-state index in [1.807, 2.05) is 7.11 Å². The maximum Gasteiger partial charge on any atom is 0.146 e. The summed E-state index contributed by atoms with van der Waals surface area (Å²) in [7, 11) is 2.73. The standard InChI is InChI=1S/C27H58O2Si/c1-23(2)17-11-8-14-20-26(28-7)27(29-30,21-15-9-12-18-24(3)4)22-16-10-13-19-25(5)6/h23-26H,8-22H2,1-7,30H3. The van der Waals surface area contributed by atoms with E-state index in [0.29, 0.717) is 0 Å². The van der Waals surface area contributed by atoms with Crippen molar-refractivity contribution >= 4 is 10.5 Å². The second kappa shape index (κ2) is 18.7. The SMILES string of the molecule is COC(CCCCCC(C)C)C(CCCCCC(C)C)(CCCCCC(C)C)O[SiH3]. The predicted molar refractivity (Wildman–Crippen MR) is 138 cm³/mol. The van der Waals surface area contributed by atoms with Gasteiger partial charge in [-0.25, -0.2) is 0 Å². The van der Waals surface area contributed by atoms with E-state index < -0.39 is 0 Å². The van der Waals surface area contributed by atoms with Crippen LogP contribution in [0.15, 0.2) is 0 Å². The molecular weight excluding hydrogens is 384 g/mol. The van der Waals surface area contributed by atoms with E-state index in [1.165, 1.54) is 89.9 Å². The lowest BCUT2D eigenvalue weighted by atomic mass is 9.82. The van der Waals surface area contributed by atoms with Gasteiger partial charge in [0.05, 0.1) is 11.7 Å². The summed E-state index contributed by atoms with van der Waals surface area (Å²) in [5.41, 5.74) is -0.0331. The highest BCUT2D eigenvalue weighted by Crippen LogP contribution is 2.34. The minimum atomic E-state index is -0.0331. The minimum absolute atomic E-state index is 0.0331. The third kappa shape index (κ3) is 15.0. The number of unbranched alkanes of at least 4 members (excludes halogenated alkanes) is 6. The van der Waals surface area contributed by atoms with E-state index in [0.717, 1.165) is 34.7 Å². The summed E-state index contributed by atoms with van der Waals surface area (Å²) in [6.45, 7) is 14.0. The van der Waals surface area contributed by atoms with Crippen LogP contribution in [-0.2, 0) is 9.16 Å². The molecule has 0 aliphatic rings. The highest BCUT2D eigenvalue weighted by Gasteiger charge is 2.37. The average Bonchev–Trinajstić information content (AvgIpc) is 2.68. The van der Waals surface area contributed by atoms with Crippen LogP contribution in [0.2, 0.25) is 0 Å². The van der Waals surface area contributed by atoms with Crippen molar-refractivity contribution in [2.75, 3.05) is 7.11 Å². The van der Waals surface area contributed by atoms with Crippen molar-refractivity contribution < 1.29 is 9.16 Å². The molecule has 0 aromatic carbocycles. The van der Waals surface area contributed by atoms with E-state index in [-0.39, 0.29) is 11.7 Å². The van der Waals surface area contributed by atoms with Crippen LogP contribution in [0.3, 0.4) is 0 Å². The van der Waals surface area contributed by atoms with Gasteiger partial charge in [-0.2, -0.15) is 0 Å². The number of ether oxygens (including phenoxy) is 1. The van der Waals surface area contributed by atoms with Gasteiger partial charge in [0.15, 0.2) is 0 Å². The predicted octanol–water partition coefficient (Wildman–Crippen LogP) is 7.86. The van der Waals surface area contributed by atoms with Gasteiger partial charge >= 0.3 is 0 Å². The summed E-state index contributed by atoms with van der Waals surface area (Å²) in [6, 6.07) is 0. The first kappa shape index (κ1) is 30.1. The Bertz CT molecular complexity index is 350. The molecule has 0 aliphatic heterocycles. The fourth-order valence-corrected chi connectivity index (χ4v) is 5.42. The monoisotopic (exact) mass is 442 g/mol. The third-order valence-electron chi connectivity index (χ3n) is 6.79. The lowest BCUT2D eigenvalue weighted by Crippen LogP contribution is -2.46. The van der Waals surface area contributed by atoms with Crippen molar-refractivity contribution in [3.05, 3.63) is 0 Å². The molecule has 0 rings (SSSR count). The zero-order valence-electron chi connectivity index (χ0n) is 22.2. The molecule has 0 amide bonds. The van der Waals surface area contributed by atoms with Gasteiger partial charge in [-0.3, -0.25) is 0 Å². The molecule has 3 heteroatoms. The van der Waals surface area contributed by atoms with Crippen molar-refractivity contribution in [1.29, 1.82) is 0 Å². The van der Waals surface area contributed by atoms with Gasteiger partial charge in [0.1, 0.15) is 10.5 Å². The van der Waals surface area contributed by atoms with E-state index in [4.69, 9.17) is 9.16 Å². The van der Waals surface area contributed by atoms with Gasteiger partial charge in [-0.15, -0.1) is 0 Å². The average molecular weight is 443 g/mol. The molecule has 1 unspecified atom stereocenters. The lowest BCUT2D eigenvalue weighted by molar-refractivity contribution is -0.0887. The maximum atomic E-state index is 6.46. The van der Waals surface area contributed by atoms with Crippen molar-refractivity contribution in [2.24, 2.45) is 17.8 Å². The lowest BCUT2D eigenvalue weighted by Gasteiger charge is -2.40. The highest BCUT2D eigenvalue weighted by atomic mass is 28.2. The van der Waals surface area contributed by atoms with Crippen LogP contribution in [0.25, 0.3) is 0 Å². The molecule has 0 radical (unpaired) electrons. The molecule has 0 aromatic heterocycles. The van der Waals surface area contributed by atoms with E-state index in [1.54, 1.807) is 0 Å². The Morgan fingerprint density at radius 3 is 1.27 bits per heavy atom. The van der Waals surface area contributed by atoms with E-state index in [2.05, 4.69) is 41.5 Å². The fourth-order valence-electron chi connectivity index (χ4n) is 4.74. The van der Waals surface area contributed by atoms with Gasteiger partial charge in [0.2, 0.25) is 0 Å². The smallest absolute Gasteiger partial charge is 0.146 e. The first-order valence-corrected chi connectivity index (χ1v) is 14.2. The van der Waals surface area contributed by atoms with Crippen molar-refractivity contribution in [1.82, 2.24) is 0 Å². The number of methoxy groups -OCH3 is 1. The zero-order valence-corrected chi connectivity index (χ0v) is 24.2. The summed E-state index contributed by atoms with van der Waals surface area (Å²) in [5, 5.41) is 0. The molecule has 2 nitrogen and oxygen atoms in total. The molecule has 0 spiro atoms. The summed E-state index contributed by atoms with van der Waals surface area (Å²) in [6.07, 6.45) is 19.8.